The molecule has 0 saturated carbocycles. The number of hydrogen-bond donors (Lipinski definition) is 0. The molecule has 0 spiro atoms. The molecule has 0 amide bonds. The van der Waals surface area contributed by atoms with Crippen molar-refractivity contribution in [2.45, 2.75) is 33.6 Å². The van der Waals surface area contributed by atoms with Gasteiger partial charge in [0.25, 0.3) is 0 Å². The average Bonchev–Trinajstić information content (AvgIpc) is 2.86. The molecule has 1 aromatic carbocycles. The number of aliphatic imine (C=N–C) groups is 1. The fourth-order valence-corrected chi connectivity index (χ4v) is 3.34. The number of amidine groups is 1. The number of hydrogen-bond acceptors (Lipinski definition) is 2. The summed E-state index contributed by atoms with van der Waals surface area (Å²) in [4.78, 5) is 7.33. The normalized spacial score (nSPS) is 17.7. The molecule has 0 aromatic heterocycles. The molecule has 1 heterocycles. The number of nitrogens with zero attached hydrogens (tertiary/aromatic N) is 2. The van der Waals surface area contributed by atoms with Crippen LogP contribution in [0.2, 0.25) is 0 Å². The van der Waals surface area contributed by atoms with Gasteiger partial charge in [-0.2, -0.15) is 0 Å². The van der Waals surface area contributed by atoms with Gasteiger partial charge in [0.2, 0.25) is 0 Å². The zero-order valence-electron chi connectivity index (χ0n) is 11.6. The lowest BCUT2D eigenvalue weighted by molar-refractivity contribution is 0.489. The molecule has 2 nitrogen and oxygen atoms in total. The minimum atomic E-state index is 1.05. The third-order valence-electron chi connectivity index (χ3n) is 3.42. The van der Waals surface area contributed by atoms with Crippen LogP contribution in [0.25, 0.3) is 0 Å². The van der Waals surface area contributed by atoms with Crippen LogP contribution in [-0.4, -0.2) is 28.9 Å². The predicted octanol–water partition coefficient (Wildman–Crippen LogP) is 3.87. The maximum absolute atomic E-state index is 4.96. The van der Waals surface area contributed by atoms with Crippen LogP contribution in [0.3, 0.4) is 0 Å². The van der Waals surface area contributed by atoms with E-state index in [1.54, 1.807) is 0 Å². The van der Waals surface area contributed by atoms with Crippen LogP contribution in [0.1, 0.15) is 31.9 Å². The highest BCUT2D eigenvalue weighted by molar-refractivity contribution is 8.14. The Hall–Kier alpha value is -0.960. The first kappa shape index (κ1) is 13.5. The molecule has 1 saturated heterocycles. The van der Waals surface area contributed by atoms with Gasteiger partial charge >= 0.3 is 0 Å². The molecular weight excluding hydrogens is 240 g/mol. The summed E-state index contributed by atoms with van der Waals surface area (Å²) in [5.41, 5.74) is 3.95. The summed E-state index contributed by atoms with van der Waals surface area (Å²) in [6.45, 7) is 8.81. The molecule has 0 radical (unpaired) electrons. The molecule has 98 valence electrons. The minimum absolute atomic E-state index is 1.05. The van der Waals surface area contributed by atoms with Crippen LogP contribution in [-0.2, 0) is 12.8 Å². The van der Waals surface area contributed by atoms with Crippen LogP contribution in [0, 0.1) is 0 Å². The molecular formula is C15H22N2S. The predicted molar refractivity (Wildman–Crippen MR) is 82.0 cm³/mol. The van der Waals surface area contributed by atoms with Crippen molar-refractivity contribution in [3.63, 3.8) is 0 Å². The van der Waals surface area contributed by atoms with E-state index < -0.39 is 0 Å². The van der Waals surface area contributed by atoms with E-state index in [1.165, 1.54) is 27.7 Å². The second kappa shape index (κ2) is 6.28. The molecule has 3 heteroatoms. The first-order chi connectivity index (χ1) is 8.80. The molecule has 2 rings (SSSR count). The monoisotopic (exact) mass is 262 g/mol. The lowest BCUT2D eigenvalue weighted by Gasteiger charge is -2.16. The zero-order valence-corrected chi connectivity index (χ0v) is 12.4. The van der Waals surface area contributed by atoms with Crippen molar-refractivity contribution < 1.29 is 0 Å². The quantitative estimate of drug-likeness (QED) is 0.818. The molecule has 18 heavy (non-hydrogen) atoms. The Bertz CT molecular complexity index is 418. The van der Waals surface area contributed by atoms with Gasteiger partial charge in [-0.15, -0.1) is 0 Å². The maximum atomic E-state index is 4.96. The Kier molecular flexibility index (Phi) is 4.70. The van der Waals surface area contributed by atoms with Gasteiger partial charge < -0.3 is 4.90 Å². The Labute approximate surface area is 114 Å². The van der Waals surface area contributed by atoms with Gasteiger partial charge in [-0.05, 0) is 30.9 Å². The van der Waals surface area contributed by atoms with Gasteiger partial charge in [-0.3, -0.25) is 0 Å². The number of rotatable bonds is 4. The molecule has 1 aliphatic rings. The van der Waals surface area contributed by atoms with Crippen molar-refractivity contribution in [1.82, 2.24) is 4.90 Å². The summed E-state index contributed by atoms with van der Waals surface area (Å²) in [6, 6.07) is 6.56. The Morgan fingerprint density at radius 1 is 1.17 bits per heavy atom. The van der Waals surface area contributed by atoms with Gasteiger partial charge in [0.1, 0.15) is 0 Å². The minimum Gasteiger partial charge on any atom is -0.351 e. The number of benzene rings is 1. The molecule has 1 fully saturated rings. The van der Waals surface area contributed by atoms with Gasteiger partial charge in [0.05, 0.1) is 5.69 Å². The summed E-state index contributed by atoms with van der Waals surface area (Å²) in [5, 5.41) is 1.20. The number of thioether (sulfide) groups is 1. The van der Waals surface area contributed by atoms with Crippen molar-refractivity contribution in [3.05, 3.63) is 29.3 Å². The Morgan fingerprint density at radius 2 is 1.83 bits per heavy atom. The standard InChI is InChI=1S/C15H22N2S/c1-4-12-8-7-9-13(5-2)14(12)16-15-17(6-3)10-11-18-15/h7-9H,4-6,10-11H2,1-3H3. The first-order valence-electron chi connectivity index (χ1n) is 6.87. The van der Waals surface area contributed by atoms with Crippen LogP contribution in [0.15, 0.2) is 23.2 Å². The molecule has 0 unspecified atom stereocenters. The largest absolute Gasteiger partial charge is 0.351 e. The maximum Gasteiger partial charge on any atom is 0.164 e. The van der Waals surface area contributed by atoms with E-state index in [0.717, 1.165) is 25.9 Å². The fourth-order valence-electron chi connectivity index (χ4n) is 2.28. The van der Waals surface area contributed by atoms with Crippen LogP contribution < -0.4 is 0 Å². The van der Waals surface area contributed by atoms with Crippen molar-refractivity contribution in [2.75, 3.05) is 18.8 Å². The fraction of sp³-hybridized carbons (Fsp3) is 0.533. The Morgan fingerprint density at radius 3 is 2.39 bits per heavy atom. The second-order valence-corrected chi connectivity index (χ2v) is 5.52. The molecule has 0 aliphatic carbocycles. The Balaban J connectivity index is 2.40. The molecule has 0 bridgehead atoms. The van der Waals surface area contributed by atoms with E-state index in [2.05, 4.69) is 43.9 Å². The summed E-state index contributed by atoms with van der Waals surface area (Å²) >= 11 is 1.88. The summed E-state index contributed by atoms with van der Waals surface area (Å²) in [6.07, 6.45) is 2.10. The van der Waals surface area contributed by atoms with Crippen molar-refractivity contribution in [1.29, 1.82) is 0 Å². The van der Waals surface area contributed by atoms with Gasteiger partial charge in [-0.25, -0.2) is 4.99 Å². The van der Waals surface area contributed by atoms with Crippen LogP contribution in [0.5, 0.6) is 0 Å². The van der Waals surface area contributed by atoms with Crippen LogP contribution >= 0.6 is 11.8 Å². The van der Waals surface area contributed by atoms with E-state index in [1.807, 2.05) is 11.8 Å². The topological polar surface area (TPSA) is 15.6 Å². The van der Waals surface area contributed by atoms with E-state index in [0.29, 0.717) is 0 Å². The molecule has 0 atom stereocenters. The summed E-state index contributed by atoms with van der Waals surface area (Å²) in [7, 11) is 0. The number of aryl methyl sites for hydroxylation is 2. The SMILES string of the molecule is CCc1cccc(CC)c1N=C1SCCN1CC. The lowest BCUT2D eigenvalue weighted by atomic mass is 10.0. The number of para-hydroxylation sites is 1. The van der Waals surface area contributed by atoms with Gasteiger partial charge in [0.15, 0.2) is 5.17 Å². The second-order valence-electron chi connectivity index (χ2n) is 4.45. The third kappa shape index (κ3) is 2.72. The average molecular weight is 262 g/mol. The van der Waals surface area contributed by atoms with Gasteiger partial charge in [-0.1, -0.05) is 43.8 Å². The van der Waals surface area contributed by atoms with E-state index >= 15 is 0 Å². The zero-order chi connectivity index (χ0) is 13.0. The van der Waals surface area contributed by atoms with Crippen molar-refractivity contribution in [3.8, 4) is 0 Å². The van der Waals surface area contributed by atoms with Gasteiger partial charge in [0, 0.05) is 18.8 Å². The third-order valence-corrected chi connectivity index (χ3v) is 4.41. The lowest BCUT2D eigenvalue weighted by Crippen LogP contribution is -2.23. The smallest absolute Gasteiger partial charge is 0.164 e. The highest BCUT2D eigenvalue weighted by Crippen LogP contribution is 2.29. The molecule has 0 N–H and O–H groups in total. The van der Waals surface area contributed by atoms with E-state index in [9.17, 15) is 0 Å². The van der Waals surface area contributed by atoms with Crippen molar-refractivity contribution in [2.24, 2.45) is 4.99 Å². The van der Waals surface area contributed by atoms with E-state index in [-0.39, 0.29) is 0 Å². The highest BCUT2D eigenvalue weighted by Gasteiger charge is 2.18. The highest BCUT2D eigenvalue weighted by atomic mass is 32.2. The summed E-state index contributed by atoms with van der Waals surface area (Å²) in [5.74, 6) is 1.17. The van der Waals surface area contributed by atoms with Crippen LogP contribution in [0.4, 0.5) is 5.69 Å². The molecule has 1 aromatic rings. The summed E-state index contributed by atoms with van der Waals surface area (Å²) < 4.78 is 0. The molecule has 1 aliphatic heterocycles. The first-order valence-corrected chi connectivity index (χ1v) is 7.85. The van der Waals surface area contributed by atoms with Crippen molar-refractivity contribution >= 4 is 22.6 Å². The van der Waals surface area contributed by atoms with E-state index in [4.69, 9.17) is 4.99 Å².